The van der Waals surface area contributed by atoms with Crippen LogP contribution in [0.2, 0.25) is 0 Å². The van der Waals surface area contributed by atoms with Gasteiger partial charge in [-0.3, -0.25) is 0 Å². The molecule has 0 radical (unpaired) electrons. The van der Waals surface area contributed by atoms with E-state index in [-0.39, 0.29) is 0 Å². The van der Waals surface area contributed by atoms with Crippen molar-refractivity contribution in [3.8, 4) is 17.4 Å². The summed E-state index contributed by atoms with van der Waals surface area (Å²) in [4.78, 5) is 4.27. The molecule has 2 aromatic rings. The zero-order valence-electron chi connectivity index (χ0n) is 13.8. The molecule has 1 aliphatic carbocycles. The highest BCUT2D eigenvalue weighted by Gasteiger charge is 2.32. The normalized spacial score (nSPS) is 17.4. The highest BCUT2D eigenvalue weighted by Crippen LogP contribution is 2.43. The monoisotopic (exact) mass is 326 g/mol. The lowest BCUT2D eigenvalue weighted by Crippen LogP contribution is -2.23. The first kappa shape index (κ1) is 15.3. The zero-order chi connectivity index (χ0) is 16.4. The number of methoxy groups -OCH3 is 1. The Labute approximate surface area is 142 Å². The predicted molar refractivity (Wildman–Crippen MR) is 90.5 cm³/mol. The molecule has 0 spiro atoms. The zero-order valence-corrected chi connectivity index (χ0v) is 13.8. The lowest BCUT2D eigenvalue weighted by atomic mass is 10.0. The van der Waals surface area contributed by atoms with E-state index in [2.05, 4.69) is 22.4 Å². The average molecular weight is 326 g/mol. The number of nitrogens with one attached hydrogen (secondary N) is 1. The number of aromatic nitrogens is 1. The molecule has 2 heterocycles. The summed E-state index contributed by atoms with van der Waals surface area (Å²) in [5, 5.41) is 3.68. The van der Waals surface area contributed by atoms with Gasteiger partial charge in [0.2, 0.25) is 5.88 Å². The Balaban J connectivity index is 1.48. The lowest BCUT2D eigenvalue weighted by molar-refractivity contribution is 0.171. The Bertz CT molecular complexity index is 698. The molecule has 24 heavy (non-hydrogen) atoms. The van der Waals surface area contributed by atoms with Crippen LogP contribution in [0.4, 0.5) is 0 Å². The molecule has 0 bridgehead atoms. The van der Waals surface area contributed by atoms with Crippen LogP contribution in [0.3, 0.4) is 0 Å². The van der Waals surface area contributed by atoms with Gasteiger partial charge in [-0.2, -0.15) is 0 Å². The summed E-state index contributed by atoms with van der Waals surface area (Å²) in [7, 11) is 1.63. The molecule has 5 heteroatoms. The van der Waals surface area contributed by atoms with E-state index in [1.54, 1.807) is 7.11 Å². The van der Waals surface area contributed by atoms with Crippen molar-refractivity contribution in [3.05, 3.63) is 47.7 Å². The first-order valence-electron chi connectivity index (χ1n) is 8.45. The summed E-state index contributed by atoms with van der Waals surface area (Å²) in [6.07, 6.45) is 4.40. The molecule has 5 nitrogen and oxygen atoms in total. The summed E-state index contributed by atoms with van der Waals surface area (Å²) in [5.74, 6) is 3.04. The topological polar surface area (TPSA) is 52.6 Å². The Morgan fingerprint density at radius 3 is 2.71 bits per heavy atom. The third-order valence-corrected chi connectivity index (χ3v) is 4.55. The van der Waals surface area contributed by atoms with E-state index in [0.29, 0.717) is 31.1 Å². The van der Waals surface area contributed by atoms with Crippen LogP contribution in [0.5, 0.6) is 17.4 Å². The van der Waals surface area contributed by atoms with Crippen LogP contribution < -0.4 is 19.5 Å². The molecule has 1 aromatic heterocycles. The van der Waals surface area contributed by atoms with Gasteiger partial charge in [-0.05, 0) is 42.0 Å². The first-order valence-corrected chi connectivity index (χ1v) is 8.45. The Morgan fingerprint density at radius 1 is 1.17 bits per heavy atom. The molecule has 1 aliphatic heterocycles. The third-order valence-electron chi connectivity index (χ3n) is 4.55. The number of pyridine rings is 1. The second kappa shape index (κ2) is 6.69. The Kier molecular flexibility index (Phi) is 4.26. The predicted octanol–water partition coefficient (Wildman–Crippen LogP) is 3.10. The maximum atomic E-state index is 5.73. The highest BCUT2D eigenvalue weighted by molar-refractivity contribution is 5.45. The fourth-order valence-corrected chi connectivity index (χ4v) is 3.10. The van der Waals surface area contributed by atoms with Crippen molar-refractivity contribution in [3.63, 3.8) is 0 Å². The fraction of sp³-hybridized carbons (Fsp3) is 0.421. The van der Waals surface area contributed by atoms with Gasteiger partial charge in [-0.1, -0.05) is 12.1 Å². The van der Waals surface area contributed by atoms with Gasteiger partial charge in [0, 0.05) is 24.8 Å². The van der Waals surface area contributed by atoms with Gasteiger partial charge in [0.25, 0.3) is 0 Å². The van der Waals surface area contributed by atoms with Gasteiger partial charge in [-0.25, -0.2) is 4.98 Å². The number of rotatable bonds is 6. The molecule has 1 saturated carbocycles. The van der Waals surface area contributed by atoms with Gasteiger partial charge in [0.05, 0.1) is 7.11 Å². The van der Waals surface area contributed by atoms with Gasteiger partial charge in [0.15, 0.2) is 11.5 Å². The molecule has 0 amide bonds. The summed E-state index contributed by atoms with van der Waals surface area (Å²) < 4.78 is 16.5. The number of hydrogen-bond donors (Lipinski definition) is 1. The lowest BCUT2D eigenvalue weighted by Gasteiger charge is -2.23. The number of nitrogens with zero attached hydrogens (tertiary/aromatic N) is 1. The molecule has 1 atom stereocenters. The van der Waals surface area contributed by atoms with E-state index in [1.807, 2.05) is 24.4 Å². The van der Waals surface area contributed by atoms with Crippen molar-refractivity contribution in [2.75, 3.05) is 20.3 Å². The van der Waals surface area contributed by atoms with E-state index in [9.17, 15) is 0 Å². The van der Waals surface area contributed by atoms with E-state index in [4.69, 9.17) is 14.2 Å². The van der Waals surface area contributed by atoms with Crippen LogP contribution in [-0.2, 0) is 6.54 Å². The minimum Gasteiger partial charge on any atom is -0.486 e. The van der Waals surface area contributed by atoms with E-state index >= 15 is 0 Å². The second-order valence-corrected chi connectivity index (χ2v) is 6.31. The van der Waals surface area contributed by atoms with Crippen molar-refractivity contribution in [1.29, 1.82) is 0 Å². The fourth-order valence-electron chi connectivity index (χ4n) is 3.10. The summed E-state index contributed by atoms with van der Waals surface area (Å²) in [5.41, 5.74) is 2.42. The number of hydrogen-bond acceptors (Lipinski definition) is 5. The van der Waals surface area contributed by atoms with Gasteiger partial charge < -0.3 is 19.5 Å². The minimum atomic E-state index is 0.336. The van der Waals surface area contributed by atoms with Crippen LogP contribution in [0.15, 0.2) is 36.5 Å². The smallest absolute Gasteiger partial charge is 0.212 e. The van der Waals surface area contributed by atoms with Crippen molar-refractivity contribution >= 4 is 0 Å². The minimum absolute atomic E-state index is 0.336. The van der Waals surface area contributed by atoms with E-state index in [0.717, 1.165) is 23.6 Å². The molecule has 126 valence electrons. The highest BCUT2D eigenvalue weighted by atomic mass is 16.6. The average Bonchev–Trinajstić information content (AvgIpc) is 3.47. The van der Waals surface area contributed by atoms with Gasteiger partial charge >= 0.3 is 0 Å². The number of fused-ring (bicyclic) bond motifs is 1. The summed E-state index contributed by atoms with van der Waals surface area (Å²) in [6.45, 7) is 2.03. The Morgan fingerprint density at radius 2 is 2.00 bits per heavy atom. The van der Waals surface area contributed by atoms with Gasteiger partial charge in [-0.15, -0.1) is 0 Å². The van der Waals surface area contributed by atoms with Crippen molar-refractivity contribution in [2.24, 2.45) is 5.92 Å². The third kappa shape index (κ3) is 3.31. The van der Waals surface area contributed by atoms with Crippen LogP contribution in [-0.4, -0.2) is 25.3 Å². The molecule has 1 N–H and O–H groups in total. The Hall–Kier alpha value is -2.27. The molecule has 1 fully saturated rings. The van der Waals surface area contributed by atoms with Crippen molar-refractivity contribution in [1.82, 2.24) is 10.3 Å². The molecule has 4 rings (SSSR count). The number of ether oxygens (including phenoxy) is 3. The first-order chi connectivity index (χ1) is 11.8. The molecule has 1 unspecified atom stereocenters. The SMILES string of the molecule is COc1ccc(CNC(c2ccc3c(c2)OCCO3)C2CC2)cn1. The number of benzene rings is 1. The van der Waals surface area contributed by atoms with Crippen LogP contribution in [0.1, 0.15) is 30.0 Å². The quantitative estimate of drug-likeness (QED) is 0.884. The largest absolute Gasteiger partial charge is 0.486 e. The molecular weight excluding hydrogens is 304 g/mol. The molecule has 2 aliphatic rings. The van der Waals surface area contributed by atoms with Crippen molar-refractivity contribution < 1.29 is 14.2 Å². The van der Waals surface area contributed by atoms with Crippen molar-refractivity contribution in [2.45, 2.75) is 25.4 Å². The standard InChI is InChI=1S/C19H22N2O3/c1-22-18-7-2-13(11-20-18)12-21-19(14-3-4-14)15-5-6-16-17(10-15)24-9-8-23-16/h2,5-7,10-11,14,19,21H,3-4,8-9,12H2,1H3. The van der Waals surface area contributed by atoms with E-state index in [1.165, 1.54) is 18.4 Å². The second-order valence-electron chi connectivity index (χ2n) is 6.31. The van der Waals surface area contributed by atoms with Crippen LogP contribution in [0, 0.1) is 5.92 Å². The van der Waals surface area contributed by atoms with Crippen LogP contribution in [0.25, 0.3) is 0 Å². The van der Waals surface area contributed by atoms with Crippen LogP contribution >= 0.6 is 0 Å². The maximum Gasteiger partial charge on any atom is 0.212 e. The molecular formula is C19H22N2O3. The van der Waals surface area contributed by atoms with Gasteiger partial charge in [0.1, 0.15) is 13.2 Å². The summed E-state index contributed by atoms with van der Waals surface area (Å²) >= 11 is 0. The molecule has 0 saturated heterocycles. The molecule has 1 aromatic carbocycles. The van der Waals surface area contributed by atoms with E-state index < -0.39 is 0 Å². The maximum absolute atomic E-state index is 5.73. The summed E-state index contributed by atoms with van der Waals surface area (Å²) in [6, 6.07) is 10.6.